The lowest BCUT2D eigenvalue weighted by Gasteiger charge is -2.09. The lowest BCUT2D eigenvalue weighted by molar-refractivity contribution is -0.274. The van der Waals surface area contributed by atoms with Crippen LogP contribution < -0.4 is 4.74 Å². The maximum absolute atomic E-state index is 12.0. The zero-order chi connectivity index (χ0) is 13.9. The van der Waals surface area contributed by atoms with Crippen LogP contribution in [-0.2, 0) is 0 Å². The molecule has 4 heteroatoms. The average molecular weight is 262 g/mol. The highest BCUT2D eigenvalue weighted by Crippen LogP contribution is 2.26. The van der Waals surface area contributed by atoms with Crippen molar-refractivity contribution in [3.63, 3.8) is 0 Å². The van der Waals surface area contributed by atoms with E-state index < -0.39 is 6.36 Å². The third-order valence-corrected chi connectivity index (χ3v) is 2.47. The Morgan fingerprint density at radius 3 is 1.74 bits per heavy atom. The third-order valence-electron chi connectivity index (χ3n) is 2.47. The van der Waals surface area contributed by atoms with Crippen LogP contribution in [0.15, 0.2) is 48.5 Å². The van der Waals surface area contributed by atoms with Gasteiger partial charge in [-0.2, -0.15) is 0 Å². The van der Waals surface area contributed by atoms with Gasteiger partial charge in [-0.15, -0.1) is 19.6 Å². The van der Waals surface area contributed by atoms with Crippen molar-refractivity contribution in [3.8, 4) is 29.2 Å². The van der Waals surface area contributed by atoms with E-state index in [0.29, 0.717) is 0 Å². The summed E-state index contributed by atoms with van der Waals surface area (Å²) < 4.78 is 39.8. The molecule has 0 amide bonds. The second kappa shape index (κ2) is 5.07. The second-order valence-electron chi connectivity index (χ2n) is 3.79. The molecular formula is C15H9F3O. The standard InChI is InChI=1S/C15H9F3O/c1-2-11-3-5-12(6-4-11)13-7-9-14(10-8-13)19-15(16,17)18/h1,3-10H. The van der Waals surface area contributed by atoms with Gasteiger partial charge in [0.25, 0.3) is 0 Å². The highest BCUT2D eigenvalue weighted by molar-refractivity contribution is 5.65. The minimum atomic E-state index is -4.67. The van der Waals surface area contributed by atoms with Gasteiger partial charge in [0, 0.05) is 5.56 Å². The summed E-state index contributed by atoms with van der Waals surface area (Å²) >= 11 is 0. The highest BCUT2D eigenvalue weighted by Gasteiger charge is 2.30. The number of rotatable bonds is 2. The molecule has 0 bridgehead atoms. The Bertz CT molecular complexity index is 589. The van der Waals surface area contributed by atoms with Crippen LogP contribution in [0.5, 0.6) is 5.75 Å². The Balaban J connectivity index is 2.20. The zero-order valence-corrected chi connectivity index (χ0v) is 9.74. The lowest BCUT2D eigenvalue weighted by atomic mass is 10.0. The molecule has 0 spiro atoms. The Labute approximate surface area is 108 Å². The minimum absolute atomic E-state index is 0.239. The van der Waals surface area contributed by atoms with Crippen molar-refractivity contribution in [2.45, 2.75) is 6.36 Å². The van der Waals surface area contributed by atoms with Gasteiger partial charge in [0.15, 0.2) is 0 Å². The first-order chi connectivity index (χ1) is 8.98. The fourth-order valence-electron chi connectivity index (χ4n) is 1.61. The Kier molecular flexibility index (Phi) is 3.48. The van der Waals surface area contributed by atoms with E-state index in [1.807, 2.05) is 12.1 Å². The molecule has 0 radical (unpaired) electrons. The van der Waals surface area contributed by atoms with Crippen molar-refractivity contribution in [3.05, 3.63) is 54.1 Å². The fraction of sp³-hybridized carbons (Fsp3) is 0.0667. The first kappa shape index (κ1) is 13.0. The molecule has 0 saturated carbocycles. The van der Waals surface area contributed by atoms with Crippen molar-refractivity contribution < 1.29 is 17.9 Å². The van der Waals surface area contributed by atoms with E-state index in [1.165, 1.54) is 12.1 Å². The van der Waals surface area contributed by atoms with Crippen LogP contribution in [0.1, 0.15) is 5.56 Å². The summed E-state index contributed by atoms with van der Waals surface area (Å²) in [7, 11) is 0. The van der Waals surface area contributed by atoms with Gasteiger partial charge >= 0.3 is 6.36 Å². The molecule has 0 aromatic heterocycles. The van der Waals surface area contributed by atoms with Crippen LogP contribution in [0.4, 0.5) is 13.2 Å². The lowest BCUT2D eigenvalue weighted by Crippen LogP contribution is -2.16. The van der Waals surface area contributed by atoms with E-state index in [-0.39, 0.29) is 5.75 Å². The summed E-state index contributed by atoms with van der Waals surface area (Å²) in [5.74, 6) is 2.26. The predicted octanol–water partition coefficient (Wildman–Crippen LogP) is 4.23. The van der Waals surface area contributed by atoms with Crippen LogP contribution in [-0.4, -0.2) is 6.36 Å². The monoisotopic (exact) mass is 262 g/mol. The van der Waals surface area contributed by atoms with Crippen molar-refractivity contribution in [2.75, 3.05) is 0 Å². The fourth-order valence-corrected chi connectivity index (χ4v) is 1.61. The SMILES string of the molecule is C#Cc1ccc(-c2ccc(OC(F)(F)F)cc2)cc1. The maximum Gasteiger partial charge on any atom is 0.573 e. The molecule has 0 heterocycles. The van der Waals surface area contributed by atoms with E-state index in [4.69, 9.17) is 6.42 Å². The summed E-state index contributed by atoms with van der Waals surface area (Å²) in [4.78, 5) is 0. The van der Waals surface area contributed by atoms with E-state index >= 15 is 0 Å². The van der Waals surface area contributed by atoms with E-state index in [0.717, 1.165) is 16.7 Å². The minimum Gasteiger partial charge on any atom is -0.406 e. The van der Waals surface area contributed by atoms with Gasteiger partial charge in [0.2, 0.25) is 0 Å². The van der Waals surface area contributed by atoms with Gasteiger partial charge in [0.05, 0.1) is 0 Å². The maximum atomic E-state index is 12.0. The first-order valence-electron chi connectivity index (χ1n) is 5.41. The van der Waals surface area contributed by atoms with Crippen molar-refractivity contribution in [1.29, 1.82) is 0 Å². The molecule has 0 unspecified atom stereocenters. The van der Waals surface area contributed by atoms with E-state index in [9.17, 15) is 13.2 Å². The zero-order valence-electron chi connectivity index (χ0n) is 9.74. The molecule has 0 N–H and O–H groups in total. The predicted molar refractivity (Wildman–Crippen MR) is 66.5 cm³/mol. The van der Waals surface area contributed by atoms with Crippen LogP contribution >= 0.6 is 0 Å². The van der Waals surface area contributed by atoms with E-state index in [1.54, 1.807) is 24.3 Å². The number of hydrogen-bond donors (Lipinski definition) is 0. The van der Waals surface area contributed by atoms with Crippen LogP contribution in [0, 0.1) is 12.3 Å². The van der Waals surface area contributed by atoms with Gasteiger partial charge in [-0.3, -0.25) is 0 Å². The number of halogens is 3. The van der Waals surface area contributed by atoms with Gasteiger partial charge in [-0.25, -0.2) is 0 Å². The van der Waals surface area contributed by atoms with Crippen molar-refractivity contribution in [1.82, 2.24) is 0 Å². The van der Waals surface area contributed by atoms with E-state index in [2.05, 4.69) is 10.7 Å². The Morgan fingerprint density at radius 1 is 0.842 bits per heavy atom. The number of ether oxygens (including phenoxy) is 1. The molecule has 2 rings (SSSR count). The molecule has 0 atom stereocenters. The first-order valence-corrected chi connectivity index (χ1v) is 5.41. The average Bonchev–Trinajstić information content (AvgIpc) is 2.38. The molecule has 2 aromatic carbocycles. The van der Waals surface area contributed by atoms with Gasteiger partial charge in [-0.1, -0.05) is 30.2 Å². The van der Waals surface area contributed by atoms with Crippen molar-refractivity contribution in [2.24, 2.45) is 0 Å². The Hall–Kier alpha value is -2.41. The summed E-state index contributed by atoms with van der Waals surface area (Å²) in [6, 6.07) is 12.8. The van der Waals surface area contributed by atoms with Crippen molar-refractivity contribution >= 4 is 0 Å². The van der Waals surface area contributed by atoms with Crippen LogP contribution in [0.2, 0.25) is 0 Å². The normalized spacial score (nSPS) is 10.8. The molecule has 0 aliphatic carbocycles. The number of hydrogen-bond acceptors (Lipinski definition) is 1. The van der Waals surface area contributed by atoms with Crippen LogP contribution in [0.25, 0.3) is 11.1 Å². The second-order valence-corrected chi connectivity index (χ2v) is 3.79. The largest absolute Gasteiger partial charge is 0.573 e. The molecule has 0 aliphatic heterocycles. The number of terminal acetylenes is 1. The highest BCUT2D eigenvalue weighted by atomic mass is 19.4. The number of benzene rings is 2. The molecule has 0 saturated heterocycles. The van der Waals surface area contributed by atoms with Gasteiger partial charge in [0.1, 0.15) is 5.75 Å². The Morgan fingerprint density at radius 2 is 1.32 bits per heavy atom. The quantitative estimate of drug-likeness (QED) is 0.736. The van der Waals surface area contributed by atoms with Gasteiger partial charge < -0.3 is 4.74 Å². The smallest absolute Gasteiger partial charge is 0.406 e. The third kappa shape index (κ3) is 3.52. The van der Waals surface area contributed by atoms with Gasteiger partial charge in [-0.05, 0) is 35.4 Å². The summed E-state index contributed by atoms with van der Waals surface area (Å²) in [6.45, 7) is 0. The molecular weight excluding hydrogens is 253 g/mol. The van der Waals surface area contributed by atoms with Crippen LogP contribution in [0.3, 0.4) is 0 Å². The molecule has 2 aromatic rings. The number of alkyl halides is 3. The summed E-state index contributed by atoms with van der Waals surface area (Å²) in [5.41, 5.74) is 2.41. The molecule has 0 fully saturated rings. The molecule has 0 aliphatic rings. The molecule has 1 nitrogen and oxygen atoms in total. The molecule has 19 heavy (non-hydrogen) atoms. The summed E-state index contributed by atoms with van der Waals surface area (Å²) in [5, 5.41) is 0. The summed E-state index contributed by atoms with van der Waals surface area (Å²) in [6.07, 6.45) is 0.573. The molecule has 96 valence electrons. The topological polar surface area (TPSA) is 9.23 Å².